The minimum Gasteiger partial charge on any atom is -0.465 e. The maximum atomic E-state index is 13.1. The van der Waals surface area contributed by atoms with Crippen molar-refractivity contribution in [3.05, 3.63) is 32.6 Å². The molecule has 0 saturated carbocycles. The van der Waals surface area contributed by atoms with Gasteiger partial charge in [0.2, 0.25) is 5.41 Å². The van der Waals surface area contributed by atoms with Crippen molar-refractivity contribution in [3.8, 4) is 0 Å². The van der Waals surface area contributed by atoms with Gasteiger partial charge in [-0.1, -0.05) is 28.5 Å². The van der Waals surface area contributed by atoms with Crippen LogP contribution in [0.4, 0.5) is 0 Å². The zero-order valence-corrected chi connectivity index (χ0v) is 26.7. The number of hydrogen-bond donors (Lipinski definition) is 1. The minimum absolute atomic E-state index is 0.0110. The molecule has 1 saturated heterocycles. The van der Waals surface area contributed by atoms with Crippen LogP contribution in [0.3, 0.4) is 0 Å². The van der Waals surface area contributed by atoms with Crippen LogP contribution in [-0.4, -0.2) is 79.4 Å². The summed E-state index contributed by atoms with van der Waals surface area (Å²) in [5.41, 5.74) is -2.73. The Morgan fingerprint density at radius 3 is 2.40 bits per heavy atom. The number of nitrogens with zero attached hydrogens (tertiary/aromatic N) is 1. The molecule has 4 atom stereocenters. The third kappa shape index (κ3) is 8.88. The fourth-order valence-corrected chi connectivity index (χ4v) is 6.24. The Morgan fingerprint density at radius 2 is 1.85 bits per heavy atom. The van der Waals surface area contributed by atoms with E-state index in [0.717, 1.165) is 0 Å². The van der Waals surface area contributed by atoms with E-state index in [1.807, 2.05) is 13.2 Å². The fourth-order valence-electron chi connectivity index (χ4n) is 3.82. The number of ether oxygens (including phenoxy) is 4. The highest BCUT2D eigenvalue weighted by Crippen LogP contribution is 2.54. The van der Waals surface area contributed by atoms with Crippen LogP contribution in [0.5, 0.6) is 0 Å². The van der Waals surface area contributed by atoms with E-state index >= 15 is 0 Å². The molecular formula is C23H37N2O11PS3. The third-order valence-corrected chi connectivity index (χ3v) is 9.86. The molecule has 0 aromatic carbocycles. The van der Waals surface area contributed by atoms with Crippen molar-refractivity contribution in [2.24, 2.45) is 5.41 Å². The molecule has 1 aromatic rings. The molecule has 2 heterocycles. The molecule has 1 aliphatic heterocycles. The van der Waals surface area contributed by atoms with Gasteiger partial charge in [0.15, 0.2) is 0 Å². The molecule has 2 rings (SSSR count). The SMILES string of the molecule is CCOC(=O)C(COCSSC)(COP(=S)(OC)OC1C[C@H](n2cc(C)c(=O)[nH]c2=O)O[C@@H]1CC)C(=O)OCC. The number of nitrogens with one attached hydrogen (secondary N) is 1. The lowest BCUT2D eigenvalue weighted by molar-refractivity contribution is -0.179. The summed E-state index contributed by atoms with van der Waals surface area (Å²) in [6, 6.07) is 0. The fraction of sp³-hybridized carbons (Fsp3) is 0.739. The largest absolute Gasteiger partial charge is 0.465 e. The van der Waals surface area contributed by atoms with Gasteiger partial charge in [0.25, 0.3) is 5.56 Å². The summed E-state index contributed by atoms with van der Waals surface area (Å²) in [5.74, 6) is -1.58. The van der Waals surface area contributed by atoms with Gasteiger partial charge in [-0.15, -0.1) is 0 Å². The van der Waals surface area contributed by atoms with Crippen LogP contribution in [0.1, 0.15) is 45.4 Å². The number of aryl methyl sites for hydroxylation is 1. The molecule has 0 bridgehead atoms. The summed E-state index contributed by atoms with van der Waals surface area (Å²) in [7, 11) is 4.14. The number of hydrogen-bond acceptors (Lipinski definition) is 14. The van der Waals surface area contributed by atoms with Gasteiger partial charge >= 0.3 is 24.3 Å². The summed E-state index contributed by atoms with van der Waals surface area (Å²) in [6.07, 6.45) is 2.11. The number of carbonyl (C=O) groups excluding carboxylic acids is 2. The maximum Gasteiger partial charge on any atom is 0.330 e. The topological polar surface area (TPSA) is 154 Å². The quantitative estimate of drug-likeness (QED) is 0.0660. The average molecular weight is 645 g/mol. The molecule has 0 radical (unpaired) electrons. The Labute approximate surface area is 245 Å². The van der Waals surface area contributed by atoms with E-state index in [9.17, 15) is 19.2 Å². The first-order valence-electron chi connectivity index (χ1n) is 12.5. The van der Waals surface area contributed by atoms with Crippen LogP contribution in [0.2, 0.25) is 0 Å². The van der Waals surface area contributed by atoms with E-state index in [-0.39, 0.29) is 32.2 Å². The zero-order chi connectivity index (χ0) is 29.9. The van der Waals surface area contributed by atoms with Crippen molar-refractivity contribution in [1.29, 1.82) is 0 Å². The van der Waals surface area contributed by atoms with Gasteiger partial charge in [-0.2, -0.15) is 0 Å². The van der Waals surface area contributed by atoms with Gasteiger partial charge in [0.05, 0.1) is 38.6 Å². The molecule has 17 heteroatoms. The molecule has 1 aliphatic rings. The highest BCUT2D eigenvalue weighted by atomic mass is 33.1. The lowest BCUT2D eigenvalue weighted by Crippen LogP contribution is -2.49. The first kappa shape index (κ1) is 35.0. The number of carbonyl (C=O) groups is 2. The minimum atomic E-state index is -3.58. The normalized spacial score (nSPS) is 20.7. The molecular weight excluding hydrogens is 607 g/mol. The Balaban J connectivity index is 2.29. The van der Waals surface area contributed by atoms with Crippen molar-refractivity contribution in [3.63, 3.8) is 0 Å². The standard InChI is InChI=1S/C23H37N2O11PS3/c1-7-16-17(10-18(35-16)25-11-15(4)19(26)24-22(25)29)36-37(38,30-5)34-13-23(20(27)32-8-2,21(28)33-9-3)12-31-14-40-39-6/h11,16-18H,7-10,12-14H2,1-6H3,(H,24,26,29)/t16-,17?,18-,37?/m1/s1. The smallest absolute Gasteiger partial charge is 0.330 e. The van der Waals surface area contributed by atoms with Crippen LogP contribution in [0, 0.1) is 12.3 Å². The molecule has 0 spiro atoms. The van der Waals surface area contributed by atoms with E-state index in [4.69, 9.17) is 44.3 Å². The predicted molar refractivity (Wildman–Crippen MR) is 155 cm³/mol. The second-order valence-corrected chi connectivity index (χ2v) is 14.2. The molecule has 1 N–H and O–H groups in total. The Kier molecular flexibility index (Phi) is 14.4. The second-order valence-electron chi connectivity index (χ2n) is 8.57. The molecule has 0 aliphatic carbocycles. The molecule has 40 heavy (non-hydrogen) atoms. The van der Waals surface area contributed by atoms with Gasteiger partial charge < -0.3 is 32.5 Å². The van der Waals surface area contributed by atoms with Crippen LogP contribution >= 0.6 is 28.3 Å². The van der Waals surface area contributed by atoms with E-state index < -0.39 is 60.4 Å². The number of aromatic amines is 1. The number of rotatable bonds is 17. The van der Waals surface area contributed by atoms with Crippen LogP contribution in [-0.2, 0) is 53.9 Å². The van der Waals surface area contributed by atoms with E-state index in [1.54, 1.807) is 20.8 Å². The van der Waals surface area contributed by atoms with Gasteiger partial charge in [-0.05, 0) is 45.3 Å². The first-order valence-corrected chi connectivity index (χ1v) is 17.8. The summed E-state index contributed by atoms with van der Waals surface area (Å²) >= 11 is 5.60. The predicted octanol–water partition coefficient (Wildman–Crippen LogP) is 2.91. The van der Waals surface area contributed by atoms with Crippen molar-refractivity contribution in [2.45, 2.75) is 59.0 Å². The molecule has 13 nitrogen and oxygen atoms in total. The summed E-state index contributed by atoms with van der Waals surface area (Å²) in [4.78, 5) is 52.7. The lowest BCUT2D eigenvalue weighted by atomic mass is 9.90. The second kappa shape index (κ2) is 16.4. The summed E-state index contributed by atoms with van der Waals surface area (Å²) < 4.78 is 40.8. The number of H-pyrrole nitrogens is 1. The molecule has 1 fully saturated rings. The zero-order valence-electron chi connectivity index (χ0n) is 23.4. The summed E-state index contributed by atoms with van der Waals surface area (Å²) in [6.45, 7) is 2.16. The van der Waals surface area contributed by atoms with E-state index in [1.165, 1.54) is 39.5 Å². The third-order valence-electron chi connectivity index (χ3n) is 5.93. The molecule has 228 valence electrons. The Morgan fingerprint density at radius 1 is 1.20 bits per heavy atom. The van der Waals surface area contributed by atoms with Crippen LogP contribution < -0.4 is 11.2 Å². The van der Waals surface area contributed by atoms with Gasteiger partial charge in [-0.3, -0.25) is 23.9 Å². The van der Waals surface area contributed by atoms with Crippen molar-refractivity contribution in [2.75, 3.05) is 45.7 Å². The van der Waals surface area contributed by atoms with E-state index in [2.05, 4.69) is 4.98 Å². The van der Waals surface area contributed by atoms with Gasteiger partial charge in [0.1, 0.15) is 12.2 Å². The van der Waals surface area contributed by atoms with Crippen LogP contribution in [0.15, 0.2) is 15.8 Å². The van der Waals surface area contributed by atoms with Crippen molar-refractivity contribution >= 4 is 52.1 Å². The highest BCUT2D eigenvalue weighted by Gasteiger charge is 2.52. The van der Waals surface area contributed by atoms with Gasteiger partial charge in [-0.25, -0.2) is 4.79 Å². The molecule has 1 aromatic heterocycles. The van der Waals surface area contributed by atoms with Crippen LogP contribution in [0.25, 0.3) is 0 Å². The van der Waals surface area contributed by atoms with Gasteiger partial charge in [0, 0.05) is 25.3 Å². The van der Waals surface area contributed by atoms with Crippen molar-refractivity contribution < 1.29 is 42.1 Å². The number of aromatic nitrogens is 2. The van der Waals surface area contributed by atoms with E-state index in [0.29, 0.717) is 12.0 Å². The summed E-state index contributed by atoms with van der Waals surface area (Å²) in [5, 5.41) is 0. The monoisotopic (exact) mass is 644 g/mol. The molecule has 2 unspecified atom stereocenters. The average Bonchev–Trinajstić information content (AvgIpc) is 3.32. The lowest BCUT2D eigenvalue weighted by Gasteiger charge is -2.32. The highest BCUT2D eigenvalue weighted by molar-refractivity contribution is 8.76. The number of esters is 2. The van der Waals surface area contributed by atoms with Crippen molar-refractivity contribution in [1.82, 2.24) is 9.55 Å². The Hall–Kier alpha value is -1.23. The Bertz CT molecular complexity index is 1140. The first-order chi connectivity index (χ1) is 19.0. The molecule has 0 amide bonds. The maximum absolute atomic E-state index is 13.1.